The van der Waals surface area contributed by atoms with Crippen LogP contribution in [0, 0.1) is 5.82 Å². The molecule has 0 spiro atoms. The lowest BCUT2D eigenvalue weighted by Crippen LogP contribution is -2.31. The number of anilines is 1. The largest absolute Gasteiger partial charge is 0.489 e. The SMILES string of the molecule is O=C(O)C[C@@H]1CCCN1c1ccc(Cc2ccc(OCc3ccccc3F)cc2)cc1. The minimum absolute atomic E-state index is 0.0836. The van der Waals surface area contributed by atoms with Gasteiger partial charge < -0.3 is 14.7 Å². The van der Waals surface area contributed by atoms with Crippen LogP contribution in [0.25, 0.3) is 0 Å². The summed E-state index contributed by atoms with van der Waals surface area (Å²) in [5, 5.41) is 9.12. The van der Waals surface area contributed by atoms with E-state index in [1.807, 2.05) is 24.3 Å². The molecule has 4 rings (SSSR count). The molecular formula is C26H26FNO3. The molecule has 0 aliphatic carbocycles. The molecule has 4 nitrogen and oxygen atoms in total. The van der Waals surface area contributed by atoms with Gasteiger partial charge in [0.1, 0.15) is 18.2 Å². The Kier molecular flexibility index (Phi) is 6.51. The van der Waals surface area contributed by atoms with Crippen LogP contribution in [0.1, 0.15) is 36.0 Å². The lowest BCUT2D eigenvalue weighted by Gasteiger charge is -2.26. The van der Waals surface area contributed by atoms with Gasteiger partial charge in [-0.3, -0.25) is 4.79 Å². The van der Waals surface area contributed by atoms with Gasteiger partial charge in [0.15, 0.2) is 0 Å². The number of hydrogen-bond acceptors (Lipinski definition) is 3. The number of aliphatic carboxylic acids is 1. The zero-order valence-corrected chi connectivity index (χ0v) is 17.3. The monoisotopic (exact) mass is 419 g/mol. The van der Waals surface area contributed by atoms with Gasteiger partial charge in [0.2, 0.25) is 0 Å². The molecule has 0 saturated carbocycles. The zero-order valence-electron chi connectivity index (χ0n) is 17.3. The number of hydrogen-bond donors (Lipinski definition) is 1. The van der Waals surface area contributed by atoms with Crippen molar-refractivity contribution in [3.63, 3.8) is 0 Å². The van der Waals surface area contributed by atoms with Crippen molar-refractivity contribution in [1.82, 2.24) is 0 Å². The normalized spacial score (nSPS) is 15.8. The molecule has 5 heteroatoms. The first kappa shape index (κ1) is 20.9. The number of carboxylic acids is 1. The van der Waals surface area contributed by atoms with Crippen molar-refractivity contribution in [2.75, 3.05) is 11.4 Å². The van der Waals surface area contributed by atoms with Gasteiger partial charge in [-0.2, -0.15) is 0 Å². The Hall–Kier alpha value is -3.34. The van der Waals surface area contributed by atoms with Crippen LogP contribution >= 0.6 is 0 Å². The van der Waals surface area contributed by atoms with Crippen LogP contribution in [0.15, 0.2) is 72.8 Å². The minimum Gasteiger partial charge on any atom is -0.489 e. The molecule has 1 N–H and O–H groups in total. The molecule has 1 aliphatic rings. The second kappa shape index (κ2) is 9.65. The van der Waals surface area contributed by atoms with E-state index in [2.05, 4.69) is 29.2 Å². The fourth-order valence-corrected chi connectivity index (χ4v) is 4.11. The fourth-order valence-electron chi connectivity index (χ4n) is 4.11. The van der Waals surface area contributed by atoms with Gasteiger partial charge in [-0.1, -0.05) is 42.5 Å². The third-order valence-corrected chi connectivity index (χ3v) is 5.74. The summed E-state index contributed by atoms with van der Waals surface area (Å²) >= 11 is 0. The molecule has 0 aromatic heterocycles. The van der Waals surface area contributed by atoms with Crippen LogP contribution in [0.4, 0.5) is 10.1 Å². The first-order valence-electron chi connectivity index (χ1n) is 10.6. The molecule has 160 valence electrons. The molecule has 3 aromatic rings. The van der Waals surface area contributed by atoms with Gasteiger partial charge in [-0.15, -0.1) is 0 Å². The maximum atomic E-state index is 13.7. The number of benzene rings is 3. The quantitative estimate of drug-likeness (QED) is 0.528. The summed E-state index contributed by atoms with van der Waals surface area (Å²) in [7, 11) is 0. The Morgan fingerprint density at radius 3 is 2.35 bits per heavy atom. The van der Waals surface area contributed by atoms with E-state index in [4.69, 9.17) is 9.84 Å². The second-order valence-electron chi connectivity index (χ2n) is 7.95. The van der Waals surface area contributed by atoms with Gasteiger partial charge >= 0.3 is 5.97 Å². The number of carbonyl (C=O) groups is 1. The van der Waals surface area contributed by atoms with E-state index >= 15 is 0 Å². The van der Waals surface area contributed by atoms with Gasteiger partial charge in [-0.25, -0.2) is 4.39 Å². The van der Waals surface area contributed by atoms with Gasteiger partial charge in [0.05, 0.1) is 6.42 Å². The fraction of sp³-hybridized carbons (Fsp3) is 0.269. The highest BCUT2D eigenvalue weighted by Crippen LogP contribution is 2.28. The van der Waals surface area contributed by atoms with Crippen LogP contribution in [-0.2, 0) is 17.8 Å². The van der Waals surface area contributed by atoms with Gasteiger partial charge in [0, 0.05) is 23.8 Å². The van der Waals surface area contributed by atoms with Crippen LogP contribution < -0.4 is 9.64 Å². The predicted molar refractivity (Wildman–Crippen MR) is 119 cm³/mol. The van der Waals surface area contributed by atoms with E-state index in [0.717, 1.165) is 37.1 Å². The summed E-state index contributed by atoms with van der Waals surface area (Å²) in [5.41, 5.74) is 3.98. The molecule has 1 aliphatic heterocycles. The summed E-state index contributed by atoms with van der Waals surface area (Å²) in [6.45, 7) is 1.11. The van der Waals surface area contributed by atoms with Crippen LogP contribution in [0.5, 0.6) is 5.75 Å². The molecule has 0 amide bonds. The second-order valence-corrected chi connectivity index (χ2v) is 7.95. The van der Waals surface area contributed by atoms with Crippen LogP contribution in [0.3, 0.4) is 0 Å². The molecular weight excluding hydrogens is 393 g/mol. The van der Waals surface area contributed by atoms with Crippen molar-refractivity contribution in [3.8, 4) is 5.75 Å². The lowest BCUT2D eigenvalue weighted by atomic mass is 10.0. The van der Waals surface area contributed by atoms with Crippen LogP contribution in [-0.4, -0.2) is 23.7 Å². The Balaban J connectivity index is 1.34. The molecule has 1 atom stereocenters. The van der Waals surface area contributed by atoms with E-state index in [0.29, 0.717) is 11.3 Å². The van der Waals surface area contributed by atoms with E-state index < -0.39 is 5.97 Å². The summed E-state index contributed by atoms with van der Waals surface area (Å²) < 4.78 is 19.4. The smallest absolute Gasteiger partial charge is 0.305 e. The number of rotatable bonds is 8. The van der Waals surface area contributed by atoms with Crippen molar-refractivity contribution in [3.05, 3.63) is 95.3 Å². The third-order valence-electron chi connectivity index (χ3n) is 5.74. The van der Waals surface area contributed by atoms with Crippen molar-refractivity contribution < 1.29 is 19.0 Å². The highest BCUT2D eigenvalue weighted by atomic mass is 19.1. The van der Waals surface area contributed by atoms with E-state index in [1.54, 1.807) is 18.2 Å². The number of carboxylic acid groups (broad SMARTS) is 1. The van der Waals surface area contributed by atoms with E-state index in [9.17, 15) is 9.18 Å². The molecule has 31 heavy (non-hydrogen) atoms. The average Bonchev–Trinajstić information content (AvgIpc) is 3.22. The lowest BCUT2D eigenvalue weighted by molar-refractivity contribution is -0.137. The minimum atomic E-state index is -0.741. The van der Waals surface area contributed by atoms with E-state index in [-0.39, 0.29) is 24.9 Å². The Morgan fingerprint density at radius 2 is 1.68 bits per heavy atom. The maximum Gasteiger partial charge on any atom is 0.305 e. The topological polar surface area (TPSA) is 49.8 Å². The zero-order chi connectivity index (χ0) is 21.6. The van der Waals surface area contributed by atoms with Crippen LogP contribution in [0.2, 0.25) is 0 Å². The Morgan fingerprint density at radius 1 is 1.00 bits per heavy atom. The molecule has 0 radical (unpaired) electrons. The molecule has 0 unspecified atom stereocenters. The van der Waals surface area contributed by atoms with Crippen molar-refractivity contribution in [2.24, 2.45) is 0 Å². The molecule has 1 heterocycles. The predicted octanol–water partition coefficient (Wildman–Crippen LogP) is 5.44. The molecule has 1 fully saturated rings. The van der Waals surface area contributed by atoms with Crippen molar-refractivity contribution >= 4 is 11.7 Å². The highest BCUT2D eigenvalue weighted by molar-refractivity contribution is 5.69. The first-order valence-corrected chi connectivity index (χ1v) is 10.6. The van der Waals surface area contributed by atoms with Gasteiger partial charge in [0.25, 0.3) is 0 Å². The highest BCUT2D eigenvalue weighted by Gasteiger charge is 2.26. The Bertz CT molecular complexity index is 1020. The average molecular weight is 419 g/mol. The number of ether oxygens (including phenoxy) is 1. The number of nitrogens with zero attached hydrogens (tertiary/aromatic N) is 1. The standard InChI is InChI=1S/C26H26FNO3/c27-25-6-2-1-4-21(25)18-31-24-13-9-20(10-14-24)16-19-7-11-22(12-8-19)28-15-3-5-23(28)17-26(29)30/h1-2,4,6-14,23H,3,5,15-18H2,(H,29,30)/t23-/m0/s1. The first-order chi connectivity index (χ1) is 15.1. The Labute approximate surface area is 181 Å². The summed E-state index contributed by atoms with van der Waals surface area (Å²) in [6, 6.07) is 22.9. The molecule has 0 bridgehead atoms. The molecule has 3 aromatic carbocycles. The third kappa shape index (κ3) is 5.43. The van der Waals surface area contributed by atoms with Gasteiger partial charge in [-0.05, 0) is 60.7 Å². The maximum absolute atomic E-state index is 13.7. The summed E-state index contributed by atoms with van der Waals surface area (Å²) in [5.74, 6) is -0.290. The van der Waals surface area contributed by atoms with Crippen molar-refractivity contribution in [2.45, 2.75) is 38.3 Å². The van der Waals surface area contributed by atoms with E-state index in [1.165, 1.54) is 11.6 Å². The summed E-state index contributed by atoms with van der Waals surface area (Å²) in [6.07, 6.45) is 2.95. The van der Waals surface area contributed by atoms with Crippen molar-refractivity contribution in [1.29, 1.82) is 0 Å². The molecule has 1 saturated heterocycles. The number of halogens is 1. The summed E-state index contributed by atoms with van der Waals surface area (Å²) in [4.78, 5) is 13.3.